The van der Waals surface area contributed by atoms with Gasteiger partial charge in [0.25, 0.3) is 5.91 Å². The van der Waals surface area contributed by atoms with Crippen LogP contribution in [0.2, 0.25) is 0 Å². The van der Waals surface area contributed by atoms with Crippen molar-refractivity contribution in [1.82, 2.24) is 24.7 Å². The van der Waals surface area contributed by atoms with Crippen LogP contribution < -0.4 is 10.7 Å². The first-order valence-corrected chi connectivity index (χ1v) is 8.88. The fourth-order valence-corrected chi connectivity index (χ4v) is 3.16. The highest BCUT2D eigenvalue weighted by molar-refractivity contribution is 6.04. The van der Waals surface area contributed by atoms with Crippen LogP contribution in [0, 0.1) is 0 Å². The number of benzene rings is 2. The van der Waals surface area contributed by atoms with E-state index >= 15 is 0 Å². The number of aromatic nitrogens is 5. The molecule has 0 bridgehead atoms. The molecule has 5 aromatic rings. The Hall–Kier alpha value is -4.33. The number of hydrogen-bond acceptors (Lipinski definition) is 5. The van der Waals surface area contributed by atoms with Gasteiger partial charge < -0.3 is 5.32 Å². The second-order valence-electron chi connectivity index (χ2n) is 6.41. The Morgan fingerprint density at radius 1 is 0.966 bits per heavy atom. The maximum Gasteiger partial charge on any atom is 0.280 e. The van der Waals surface area contributed by atoms with E-state index in [2.05, 4.69) is 25.5 Å². The quantitative estimate of drug-likeness (QED) is 0.499. The largest absolute Gasteiger partial charge is 0.319 e. The molecule has 3 heterocycles. The van der Waals surface area contributed by atoms with Gasteiger partial charge in [-0.05, 0) is 36.4 Å². The predicted molar refractivity (Wildman–Crippen MR) is 109 cm³/mol. The second-order valence-corrected chi connectivity index (χ2v) is 6.41. The number of aromatic amines is 1. The number of amides is 1. The number of carbonyl (C=O) groups is 1. The summed E-state index contributed by atoms with van der Waals surface area (Å²) in [5.74, 6) is 0.0676. The summed E-state index contributed by atoms with van der Waals surface area (Å²) in [4.78, 5) is 33.8. The maximum atomic E-state index is 12.5. The fourth-order valence-electron chi connectivity index (χ4n) is 3.16. The van der Waals surface area contributed by atoms with Gasteiger partial charge in [0.1, 0.15) is 12.1 Å². The van der Waals surface area contributed by atoms with Crippen LogP contribution in [-0.2, 0) is 0 Å². The summed E-state index contributed by atoms with van der Waals surface area (Å²) in [6.45, 7) is 0. The Morgan fingerprint density at radius 2 is 1.79 bits per heavy atom. The van der Waals surface area contributed by atoms with Crippen LogP contribution in [0.5, 0.6) is 0 Å². The number of nitrogens with zero attached hydrogens (tertiary/aromatic N) is 4. The Morgan fingerprint density at radius 3 is 2.66 bits per heavy atom. The Kier molecular flexibility index (Phi) is 3.87. The summed E-state index contributed by atoms with van der Waals surface area (Å²) < 4.78 is 1.86. The molecule has 8 nitrogen and oxygen atoms in total. The van der Waals surface area contributed by atoms with E-state index < -0.39 is 11.3 Å². The standard InChI is InChI=1S/C21H14N6O2/c28-20-14-5-1-2-6-15(14)25-26-19(20)21(29)24-13-9-10-18(22-11-13)27-12-23-16-7-3-4-8-17(16)27/h1-12H,(H,24,29)(H,25,28). The molecule has 0 aliphatic rings. The van der Waals surface area contributed by atoms with Crippen molar-refractivity contribution >= 4 is 33.5 Å². The molecule has 3 aromatic heterocycles. The molecule has 2 N–H and O–H groups in total. The van der Waals surface area contributed by atoms with Crippen LogP contribution in [0.1, 0.15) is 10.5 Å². The molecule has 5 rings (SSSR count). The van der Waals surface area contributed by atoms with Gasteiger partial charge in [-0.15, -0.1) is 0 Å². The minimum absolute atomic E-state index is 0.201. The molecule has 2 aromatic carbocycles. The molecular formula is C21H14N6O2. The molecule has 0 spiro atoms. The van der Waals surface area contributed by atoms with Gasteiger partial charge in [-0.3, -0.25) is 19.3 Å². The van der Waals surface area contributed by atoms with Gasteiger partial charge in [0.2, 0.25) is 5.43 Å². The zero-order valence-electron chi connectivity index (χ0n) is 15.0. The van der Waals surface area contributed by atoms with E-state index in [1.165, 1.54) is 6.20 Å². The van der Waals surface area contributed by atoms with Gasteiger partial charge in [-0.2, -0.15) is 5.10 Å². The summed E-state index contributed by atoms with van der Waals surface area (Å²) in [5.41, 5.74) is 2.21. The van der Waals surface area contributed by atoms with E-state index in [1.807, 2.05) is 28.8 Å². The summed E-state index contributed by atoms with van der Waals surface area (Å²) in [6.07, 6.45) is 3.22. The SMILES string of the molecule is O=C(Nc1ccc(-n2cnc3ccccc32)nc1)c1n[nH]c2ccccc2c1=O. The van der Waals surface area contributed by atoms with Crippen molar-refractivity contribution in [2.24, 2.45) is 0 Å². The summed E-state index contributed by atoms with van der Waals surface area (Å²) in [6, 6.07) is 18.1. The van der Waals surface area contributed by atoms with Crippen LogP contribution >= 0.6 is 0 Å². The van der Waals surface area contributed by atoms with Gasteiger partial charge in [0.05, 0.1) is 28.4 Å². The number of para-hydroxylation sites is 3. The fraction of sp³-hybridized carbons (Fsp3) is 0. The minimum atomic E-state index is -0.598. The zero-order valence-corrected chi connectivity index (χ0v) is 15.0. The first-order valence-electron chi connectivity index (χ1n) is 8.88. The van der Waals surface area contributed by atoms with Crippen LogP contribution in [0.4, 0.5) is 5.69 Å². The van der Waals surface area contributed by atoms with Gasteiger partial charge in [-0.1, -0.05) is 24.3 Å². The number of H-pyrrole nitrogens is 1. The van der Waals surface area contributed by atoms with E-state index in [0.29, 0.717) is 22.4 Å². The van der Waals surface area contributed by atoms with Crippen LogP contribution in [0.3, 0.4) is 0 Å². The number of imidazole rings is 1. The predicted octanol–water partition coefficient (Wildman–Crippen LogP) is 2.91. The molecule has 0 fully saturated rings. The number of pyridine rings is 1. The second kappa shape index (κ2) is 6.68. The lowest BCUT2D eigenvalue weighted by atomic mass is 10.2. The lowest BCUT2D eigenvalue weighted by Gasteiger charge is -2.07. The van der Waals surface area contributed by atoms with Crippen molar-refractivity contribution in [2.45, 2.75) is 0 Å². The summed E-state index contributed by atoms with van der Waals surface area (Å²) in [5, 5.41) is 9.72. The molecule has 1 amide bonds. The summed E-state index contributed by atoms with van der Waals surface area (Å²) in [7, 11) is 0. The van der Waals surface area contributed by atoms with Crippen LogP contribution in [-0.4, -0.2) is 30.6 Å². The maximum absolute atomic E-state index is 12.5. The Labute approximate surface area is 163 Å². The van der Waals surface area contributed by atoms with Crippen molar-refractivity contribution < 1.29 is 4.79 Å². The number of rotatable bonds is 3. The van der Waals surface area contributed by atoms with E-state index in [-0.39, 0.29) is 5.69 Å². The Bertz CT molecular complexity index is 1420. The highest BCUT2D eigenvalue weighted by Crippen LogP contribution is 2.17. The molecule has 0 saturated carbocycles. The topological polar surface area (TPSA) is 106 Å². The van der Waals surface area contributed by atoms with Crippen molar-refractivity contribution in [3.63, 3.8) is 0 Å². The van der Waals surface area contributed by atoms with Crippen molar-refractivity contribution in [3.05, 3.63) is 89.1 Å². The van der Waals surface area contributed by atoms with Gasteiger partial charge in [0, 0.05) is 5.39 Å². The van der Waals surface area contributed by atoms with Gasteiger partial charge >= 0.3 is 0 Å². The molecule has 140 valence electrons. The average molecular weight is 382 g/mol. The lowest BCUT2D eigenvalue weighted by Crippen LogP contribution is -2.24. The lowest BCUT2D eigenvalue weighted by molar-refractivity contribution is 0.102. The average Bonchev–Trinajstić information content (AvgIpc) is 3.19. The van der Waals surface area contributed by atoms with Gasteiger partial charge in [0.15, 0.2) is 5.69 Å². The number of carbonyl (C=O) groups excluding carboxylic acids is 1. The van der Waals surface area contributed by atoms with E-state index in [9.17, 15) is 9.59 Å². The molecule has 0 unspecified atom stereocenters. The third kappa shape index (κ3) is 2.92. The molecule has 0 radical (unpaired) electrons. The van der Waals surface area contributed by atoms with Crippen molar-refractivity contribution in [2.75, 3.05) is 5.32 Å². The molecule has 0 aliphatic heterocycles. The molecule has 8 heteroatoms. The van der Waals surface area contributed by atoms with Gasteiger partial charge in [-0.25, -0.2) is 9.97 Å². The van der Waals surface area contributed by atoms with Crippen LogP contribution in [0.15, 0.2) is 78.0 Å². The molecule has 0 aliphatic carbocycles. The van der Waals surface area contributed by atoms with E-state index in [4.69, 9.17) is 0 Å². The third-order valence-corrected chi connectivity index (χ3v) is 4.60. The molecular weight excluding hydrogens is 368 g/mol. The van der Waals surface area contributed by atoms with Crippen LogP contribution in [0.25, 0.3) is 27.8 Å². The number of nitrogens with one attached hydrogen (secondary N) is 2. The first-order chi connectivity index (χ1) is 14.2. The highest BCUT2D eigenvalue weighted by Gasteiger charge is 2.15. The third-order valence-electron chi connectivity index (χ3n) is 4.60. The number of hydrogen-bond donors (Lipinski definition) is 2. The summed E-state index contributed by atoms with van der Waals surface area (Å²) >= 11 is 0. The smallest absolute Gasteiger partial charge is 0.280 e. The normalized spacial score (nSPS) is 11.0. The van der Waals surface area contributed by atoms with E-state index in [1.54, 1.807) is 42.7 Å². The van der Waals surface area contributed by atoms with Crippen molar-refractivity contribution in [3.8, 4) is 5.82 Å². The highest BCUT2D eigenvalue weighted by atomic mass is 16.2. The van der Waals surface area contributed by atoms with Crippen molar-refractivity contribution in [1.29, 1.82) is 0 Å². The minimum Gasteiger partial charge on any atom is -0.319 e. The molecule has 0 atom stereocenters. The zero-order chi connectivity index (χ0) is 19.8. The van der Waals surface area contributed by atoms with E-state index in [0.717, 1.165) is 11.0 Å². The first kappa shape index (κ1) is 16.8. The molecule has 0 saturated heterocycles. The Balaban J connectivity index is 1.42. The molecule has 29 heavy (non-hydrogen) atoms. The number of anilines is 1. The monoisotopic (exact) mass is 382 g/mol. The number of fused-ring (bicyclic) bond motifs is 2.